The number of rotatable bonds is 4. The van der Waals surface area contributed by atoms with Crippen LogP contribution in [0, 0.1) is 19.8 Å². The summed E-state index contributed by atoms with van der Waals surface area (Å²) < 4.78 is 0. The van der Waals surface area contributed by atoms with Gasteiger partial charge >= 0.3 is 0 Å². The molecule has 0 saturated carbocycles. The lowest BCUT2D eigenvalue weighted by Crippen LogP contribution is -2.38. The number of hydrogen-bond donors (Lipinski definition) is 1. The molecule has 2 unspecified atom stereocenters. The van der Waals surface area contributed by atoms with Crippen molar-refractivity contribution in [3.63, 3.8) is 0 Å². The molecule has 2 rings (SSSR count). The van der Waals surface area contributed by atoms with Crippen molar-refractivity contribution in [2.75, 3.05) is 6.54 Å². The summed E-state index contributed by atoms with van der Waals surface area (Å²) in [6.45, 7) is 11.2. The van der Waals surface area contributed by atoms with Crippen LogP contribution in [0.5, 0.6) is 0 Å². The molecule has 1 amide bonds. The van der Waals surface area contributed by atoms with Crippen molar-refractivity contribution in [3.8, 4) is 0 Å². The Morgan fingerprint density at radius 3 is 2.60 bits per heavy atom. The predicted octanol–water partition coefficient (Wildman–Crippen LogP) is 3.17. The second kappa shape index (κ2) is 5.96. The average molecular weight is 274 g/mol. The van der Waals surface area contributed by atoms with Gasteiger partial charge in [0, 0.05) is 6.04 Å². The molecule has 1 aromatic rings. The summed E-state index contributed by atoms with van der Waals surface area (Å²) in [4.78, 5) is 14.2. The third-order valence-electron chi connectivity index (χ3n) is 4.02. The monoisotopic (exact) mass is 274 g/mol. The van der Waals surface area contributed by atoms with Gasteiger partial charge in [-0.1, -0.05) is 37.6 Å². The van der Waals surface area contributed by atoms with Gasteiger partial charge in [-0.15, -0.1) is 0 Å². The van der Waals surface area contributed by atoms with E-state index in [2.05, 4.69) is 58.1 Å². The van der Waals surface area contributed by atoms with Crippen molar-refractivity contribution < 1.29 is 4.79 Å². The van der Waals surface area contributed by atoms with Gasteiger partial charge in [-0.05, 0) is 44.2 Å². The molecule has 20 heavy (non-hydrogen) atoms. The van der Waals surface area contributed by atoms with Crippen molar-refractivity contribution >= 4 is 5.91 Å². The standard InChI is InChI=1S/C17H26N2O/c1-11(2)8-14(5)19-16(20)10-18-17(19)15-7-6-12(3)9-13(15)4/h6-7,9,11,14,17-18H,8,10H2,1-5H3. The van der Waals surface area contributed by atoms with E-state index in [0.717, 1.165) is 6.42 Å². The second-order valence-corrected chi connectivity index (χ2v) is 6.42. The molecule has 0 radical (unpaired) electrons. The van der Waals surface area contributed by atoms with Crippen LogP contribution in [0.1, 0.15) is 50.0 Å². The van der Waals surface area contributed by atoms with E-state index in [1.165, 1.54) is 16.7 Å². The zero-order chi connectivity index (χ0) is 14.9. The molecule has 1 heterocycles. The number of aryl methyl sites for hydroxylation is 2. The molecule has 1 aliphatic rings. The third-order valence-corrected chi connectivity index (χ3v) is 4.02. The molecule has 3 heteroatoms. The Kier molecular flexibility index (Phi) is 4.48. The van der Waals surface area contributed by atoms with Crippen LogP contribution in [-0.2, 0) is 4.79 Å². The summed E-state index contributed by atoms with van der Waals surface area (Å²) in [5, 5.41) is 3.36. The zero-order valence-electron chi connectivity index (χ0n) is 13.2. The molecule has 1 aliphatic heterocycles. The Morgan fingerprint density at radius 1 is 1.30 bits per heavy atom. The van der Waals surface area contributed by atoms with Gasteiger partial charge in [0.1, 0.15) is 6.17 Å². The highest BCUT2D eigenvalue weighted by atomic mass is 16.2. The van der Waals surface area contributed by atoms with Crippen molar-refractivity contribution in [2.24, 2.45) is 5.92 Å². The Hall–Kier alpha value is -1.35. The van der Waals surface area contributed by atoms with Crippen molar-refractivity contribution in [3.05, 3.63) is 34.9 Å². The molecule has 0 bridgehead atoms. The van der Waals surface area contributed by atoms with E-state index in [1.807, 2.05) is 4.90 Å². The lowest BCUT2D eigenvalue weighted by molar-refractivity contribution is -0.130. The van der Waals surface area contributed by atoms with Gasteiger partial charge in [-0.25, -0.2) is 0 Å². The summed E-state index contributed by atoms with van der Waals surface area (Å²) >= 11 is 0. The molecule has 3 nitrogen and oxygen atoms in total. The minimum atomic E-state index is 0.0249. The van der Waals surface area contributed by atoms with Gasteiger partial charge in [-0.2, -0.15) is 0 Å². The lowest BCUT2D eigenvalue weighted by Gasteiger charge is -2.32. The molecule has 110 valence electrons. The normalized spacial score (nSPS) is 20.8. The molecule has 0 spiro atoms. The molecule has 1 aromatic carbocycles. The number of nitrogens with one attached hydrogen (secondary N) is 1. The van der Waals surface area contributed by atoms with E-state index in [9.17, 15) is 4.79 Å². The van der Waals surface area contributed by atoms with Gasteiger partial charge in [0.2, 0.25) is 5.91 Å². The maximum atomic E-state index is 12.2. The fraction of sp³-hybridized carbons (Fsp3) is 0.588. The fourth-order valence-corrected chi connectivity index (χ4v) is 3.21. The number of carbonyl (C=O) groups is 1. The van der Waals surface area contributed by atoms with E-state index in [4.69, 9.17) is 0 Å². The van der Waals surface area contributed by atoms with Crippen LogP contribution in [0.3, 0.4) is 0 Å². The highest BCUT2D eigenvalue weighted by Crippen LogP contribution is 2.29. The van der Waals surface area contributed by atoms with Crippen LogP contribution in [0.4, 0.5) is 0 Å². The second-order valence-electron chi connectivity index (χ2n) is 6.42. The maximum Gasteiger partial charge on any atom is 0.238 e. The van der Waals surface area contributed by atoms with E-state index < -0.39 is 0 Å². The van der Waals surface area contributed by atoms with E-state index in [-0.39, 0.29) is 18.1 Å². The molecule has 0 aromatic heterocycles. The molecule has 0 aliphatic carbocycles. The third kappa shape index (κ3) is 3.04. The van der Waals surface area contributed by atoms with Crippen molar-refractivity contribution in [1.29, 1.82) is 0 Å². The van der Waals surface area contributed by atoms with Gasteiger partial charge in [0.05, 0.1) is 6.54 Å². The number of nitrogens with zero attached hydrogens (tertiary/aromatic N) is 1. The summed E-state index contributed by atoms with van der Waals surface area (Å²) in [6, 6.07) is 6.72. The van der Waals surface area contributed by atoms with Gasteiger partial charge in [0.25, 0.3) is 0 Å². The number of amides is 1. The fourth-order valence-electron chi connectivity index (χ4n) is 3.21. The Labute approximate surface area is 122 Å². The quantitative estimate of drug-likeness (QED) is 0.914. The van der Waals surface area contributed by atoms with Crippen LogP contribution in [0.2, 0.25) is 0 Å². The van der Waals surface area contributed by atoms with Crippen LogP contribution in [-0.4, -0.2) is 23.4 Å². The first-order valence-electron chi connectivity index (χ1n) is 7.52. The van der Waals surface area contributed by atoms with Gasteiger partial charge in [-0.3, -0.25) is 10.1 Å². The first-order chi connectivity index (χ1) is 9.40. The molecular weight excluding hydrogens is 248 g/mol. The van der Waals surface area contributed by atoms with Gasteiger partial charge in [0.15, 0.2) is 0 Å². The first-order valence-corrected chi connectivity index (χ1v) is 7.52. The summed E-state index contributed by atoms with van der Waals surface area (Å²) in [5.74, 6) is 0.807. The van der Waals surface area contributed by atoms with Crippen LogP contribution in [0.15, 0.2) is 18.2 Å². The minimum absolute atomic E-state index is 0.0249. The van der Waals surface area contributed by atoms with Gasteiger partial charge < -0.3 is 4.90 Å². The lowest BCUT2D eigenvalue weighted by atomic mass is 10.00. The van der Waals surface area contributed by atoms with Crippen LogP contribution < -0.4 is 5.32 Å². The number of carbonyl (C=O) groups excluding carboxylic acids is 1. The Balaban J connectivity index is 2.27. The number of benzene rings is 1. The summed E-state index contributed by atoms with van der Waals surface area (Å²) in [5.41, 5.74) is 3.73. The van der Waals surface area contributed by atoms with Crippen molar-refractivity contribution in [1.82, 2.24) is 10.2 Å². The SMILES string of the molecule is Cc1ccc(C2NCC(=O)N2C(C)CC(C)C)c(C)c1. The average Bonchev–Trinajstić information content (AvgIpc) is 2.70. The molecule has 2 atom stereocenters. The topological polar surface area (TPSA) is 32.3 Å². The van der Waals surface area contributed by atoms with Crippen LogP contribution in [0.25, 0.3) is 0 Å². The molecule has 1 saturated heterocycles. The Bertz CT molecular complexity index is 496. The Morgan fingerprint density at radius 2 is 2.00 bits per heavy atom. The first kappa shape index (κ1) is 15.0. The molecule has 1 N–H and O–H groups in total. The van der Waals surface area contributed by atoms with Crippen molar-refractivity contribution in [2.45, 2.75) is 53.2 Å². The molecular formula is C17H26N2O. The smallest absolute Gasteiger partial charge is 0.238 e. The number of hydrogen-bond acceptors (Lipinski definition) is 2. The van der Waals surface area contributed by atoms with Crippen LogP contribution >= 0.6 is 0 Å². The van der Waals surface area contributed by atoms with E-state index >= 15 is 0 Å². The maximum absolute atomic E-state index is 12.2. The largest absolute Gasteiger partial charge is 0.319 e. The van der Waals surface area contributed by atoms with E-state index in [0.29, 0.717) is 12.5 Å². The molecule has 1 fully saturated rings. The summed E-state index contributed by atoms with van der Waals surface area (Å²) in [7, 11) is 0. The predicted molar refractivity (Wildman–Crippen MR) is 82.4 cm³/mol. The highest BCUT2D eigenvalue weighted by Gasteiger charge is 2.35. The van der Waals surface area contributed by atoms with E-state index in [1.54, 1.807) is 0 Å². The highest BCUT2D eigenvalue weighted by molar-refractivity contribution is 5.81. The zero-order valence-corrected chi connectivity index (χ0v) is 13.2. The minimum Gasteiger partial charge on any atom is -0.319 e. The summed E-state index contributed by atoms with van der Waals surface area (Å²) in [6.07, 6.45) is 1.06.